The van der Waals surface area contributed by atoms with Crippen molar-refractivity contribution >= 4 is 37.9 Å². The van der Waals surface area contributed by atoms with E-state index in [1.54, 1.807) is 18.7 Å². The Hall–Kier alpha value is -0.930. The smallest absolute Gasteiger partial charge is 0.262 e. The Kier molecular flexibility index (Phi) is 4.06. The van der Waals surface area contributed by atoms with Crippen molar-refractivity contribution in [3.05, 3.63) is 28.4 Å². The molecule has 0 unspecified atom stereocenters. The maximum Gasteiger partial charge on any atom is 0.262 e. The van der Waals surface area contributed by atoms with Crippen molar-refractivity contribution in [3.63, 3.8) is 0 Å². The lowest BCUT2D eigenvalue weighted by molar-refractivity contribution is 0.219. The first-order valence-electron chi connectivity index (χ1n) is 6.32. The third kappa shape index (κ3) is 2.62. The third-order valence-corrected chi connectivity index (χ3v) is 6.38. The lowest BCUT2D eigenvalue weighted by Crippen LogP contribution is -2.36. The van der Waals surface area contributed by atoms with Crippen LogP contribution in [0.1, 0.15) is 6.42 Å². The lowest BCUT2D eigenvalue weighted by atomic mass is 10.1. The van der Waals surface area contributed by atoms with Crippen LogP contribution in [0.3, 0.4) is 0 Å². The second kappa shape index (κ2) is 5.69. The van der Waals surface area contributed by atoms with Gasteiger partial charge in [-0.15, -0.1) is 11.3 Å². The second-order valence-electron chi connectivity index (χ2n) is 4.67. The Morgan fingerprint density at radius 3 is 3.00 bits per heavy atom. The number of hydrogen-bond acceptors (Lipinski definition) is 5. The highest BCUT2D eigenvalue weighted by molar-refractivity contribution is 7.89. The van der Waals surface area contributed by atoms with E-state index in [0.717, 1.165) is 5.57 Å². The summed E-state index contributed by atoms with van der Waals surface area (Å²) in [6.07, 6.45) is 4.22. The number of methoxy groups -OCH3 is 1. The summed E-state index contributed by atoms with van der Waals surface area (Å²) < 4.78 is 33.6. The number of fused-ring (bicyclic) bond motifs is 1. The fraction of sp³-hybridized carbons (Fsp3) is 0.417. The molecule has 0 aromatic carbocycles. The van der Waals surface area contributed by atoms with Crippen LogP contribution in [0.2, 0.25) is 5.15 Å². The molecule has 0 spiro atoms. The number of halogens is 1. The Morgan fingerprint density at radius 2 is 2.33 bits per heavy atom. The monoisotopic (exact) mass is 347 g/mol. The lowest BCUT2D eigenvalue weighted by Gasteiger charge is -2.25. The van der Waals surface area contributed by atoms with Gasteiger partial charge >= 0.3 is 0 Å². The molecule has 0 aliphatic carbocycles. The van der Waals surface area contributed by atoms with Gasteiger partial charge in [0.25, 0.3) is 10.0 Å². The molecule has 0 saturated heterocycles. The van der Waals surface area contributed by atoms with Crippen molar-refractivity contribution in [2.24, 2.45) is 0 Å². The van der Waals surface area contributed by atoms with Gasteiger partial charge in [-0.3, -0.25) is 4.40 Å². The van der Waals surface area contributed by atoms with Crippen molar-refractivity contribution < 1.29 is 13.2 Å². The fourth-order valence-electron chi connectivity index (χ4n) is 2.32. The zero-order valence-corrected chi connectivity index (χ0v) is 13.7. The number of aromatic nitrogens is 2. The van der Waals surface area contributed by atoms with Crippen LogP contribution < -0.4 is 0 Å². The van der Waals surface area contributed by atoms with Crippen molar-refractivity contribution in [2.75, 3.05) is 26.8 Å². The van der Waals surface area contributed by atoms with Gasteiger partial charge in [0, 0.05) is 31.8 Å². The van der Waals surface area contributed by atoms with Crippen LogP contribution in [-0.2, 0) is 14.8 Å². The minimum Gasteiger partial charge on any atom is -0.380 e. The Balaban J connectivity index is 1.95. The van der Waals surface area contributed by atoms with E-state index >= 15 is 0 Å². The van der Waals surface area contributed by atoms with Crippen LogP contribution in [-0.4, -0.2) is 48.9 Å². The normalized spacial score (nSPS) is 17.3. The summed E-state index contributed by atoms with van der Waals surface area (Å²) in [5, 5.41) is 1.85. The minimum atomic E-state index is -3.66. The van der Waals surface area contributed by atoms with Gasteiger partial charge in [-0.25, -0.2) is 13.4 Å². The van der Waals surface area contributed by atoms with Crippen molar-refractivity contribution in [3.8, 4) is 0 Å². The van der Waals surface area contributed by atoms with Gasteiger partial charge in [0.1, 0.15) is 0 Å². The van der Waals surface area contributed by atoms with Crippen LogP contribution >= 0.6 is 22.9 Å². The van der Waals surface area contributed by atoms with Crippen molar-refractivity contribution in [2.45, 2.75) is 11.4 Å². The van der Waals surface area contributed by atoms with Gasteiger partial charge in [-0.1, -0.05) is 17.7 Å². The summed E-state index contributed by atoms with van der Waals surface area (Å²) in [5.41, 5.74) is 1.11. The molecule has 9 heteroatoms. The van der Waals surface area contributed by atoms with Gasteiger partial charge in [-0.2, -0.15) is 4.31 Å². The molecule has 3 rings (SSSR count). The first-order valence-corrected chi connectivity index (χ1v) is 9.02. The van der Waals surface area contributed by atoms with E-state index in [1.165, 1.54) is 20.0 Å². The molecule has 0 N–H and O–H groups in total. The molecule has 2 aromatic heterocycles. The van der Waals surface area contributed by atoms with Gasteiger partial charge in [0.2, 0.25) is 0 Å². The maximum atomic E-state index is 12.8. The number of rotatable bonds is 4. The molecule has 1 aliphatic rings. The molecule has 2 aromatic rings. The highest BCUT2D eigenvalue weighted by Crippen LogP contribution is 2.29. The summed E-state index contributed by atoms with van der Waals surface area (Å²) in [7, 11) is -2.03. The Labute approximate surface area is 131 Å². The third-order valence-electron chi connectivity index (χ3n) is 3.36. The van der Waals surface area contributed by atoms with Crippen LogP contribution in [0.5, 0.6) is 0 Å². The van der Waals surface area contributed by atoms with E-state index in [1.807, 2.05) is 6.08 Å². The molecule has 0 atom stereocenters. The van der Waals surface area contributed by atoms with E-state index in [9.17, 15) is 8.42 Å². The highest BCUT2D eigenvalue weighted by Gasteiger charge is 2.32. The summed E-state index contributed by atoms with van der Waals surface area (Å²) in [6, 6.07) is 0. The summed E-state index contributed by atoms with van der Waals surface area (Å²) in [5.74, 6) is 0. The van der Waals surface area contributed by atoms with Gasteiger partial charge < -0.3 is 4.74 Å². The molecule has 114 valence electrons. The molecular formula is C12H14ClN3O3S2. The number of nitrogens with zero attached hydrogens (tertiary/aromatic N) is 3. The number of imidazole rings is 1. The maximum absolute atomic E-state index is 12.8. The zero-order chi connectivity index (χ0) is 15.0. The SMILES string of the molecule is COCC1=CCN(S(=O)(=O)c2c(Cl)nc3sccn23)CC1. The van der Waals surface area contributed by atoms with E-state index in [0.29, 0.717) is 31.1 Å². The number of hydrogen-bond donors (Lipinski definition) is 0. The number of ether oxygens (including phenoxy) is 1. The van der Waals surface area contributed by atoms with Crippen LogP contribution in [0.4, 0.5) is 0 Å². The van der Waals surface area contributed by atoms with Crippen LogP contribution in [0.15, 0.2) is 28.3 Å². The Morgan fingerprint density at radius 1 is 1.52 bits per heavy atom. The molecule has 1 aliphatic heterocycles. The predicted octanol–water partition coefficient (Wildman–Crippen LogP) is 2.02. The average molecular weight is 348 g/mol. The molecule has 21 heavy (non-hydrogen) atoms. The molecule has 0 amide bonds. The van der Waals surface area contributed by atoms with Gasteiger partial charge in [0.05, 0.1) is 6.61 Å². The largest absolute Gasteiger partial charge is 0.380 e. The van der Waals surface area contributed by atoms with E-state index < -0.39 is 10.0 Å². The highest BCUT2D eigenvalue weighted by atomic mass is 35.5. The molecule has 0 fully saturated rings. The van der Waals surface area contributed by atoms with E-state index in [2.05, 4.69) is 4.98 Å². The summed E-state index contributed by atoms with van der Waals surface area (Å²) in [6.45, 7) is 1.29. The molecular weight excluding hydrogens is 334 g/mol. The molecule has 0 bridgehead atoms. The molecule has 0 saturated carbocycles. The molecule has 0 radical (unpaired) electrons. The van der Waals surface area contributed by atoms with Crippen LogP contribution in [0.25, 0.3) is 4.96 Å². The topological polar surface area (TPSA) is 63.9 Å². The minimum absolute atomic E-state index is 0.0218. The van der Waals surface area contributed by atoms with Crippen molar-refractivity contribution in [1.82, 2.24) is 13.7 Å². The number of thiazole rings is 1. The van der Waals surface area contributed by atoms with Gasteiger partial charge in [0.15, 0.2) is 15.1 Å². The number of sulfonamides is 1. The average Bonchev–Trinajstić information content (AvgIpc) is 2.99. The zero-order valence-electron chi connectivity index (χ0n) is 11.3. The molecule has 6 nitrogen and oxygen atoms in total. The first kappa shape index (κ1) is 15.0. The Bertz CT molecular complexity index is 794. The van der Waals surface area contributed by atoms with Crippen molar-refractivity contribution in [1.29, 1.82) is 0 Å². The quantitative estimate of drug-likeness (QED) is 0.794. The predicted molar refractivity (Wildman–Crippen MR) is 81.4 cm³/mol. The summed E-state index contributed by atoms with van der Waals surface area (Å²) in [4.78, 5) is 4.66. The second-order valence-corrected chi connectivity index (χ2v) is 7.76. The summed E-state index contributed by atoms with van der Waals surface area (Å²) >= 11 is 7.37. The van der Waals surface area contributed by atoms with Gasteiger partial charge in [-0.05, 0) is 12.0 Å². The standard InChI is InChI=1S/C12H14ClN3O3S2/c1-19-8-9-2-4-15(5-3-9)21(17,18)11-10(13)14-12-16(11)6-7-20-12/h2,6-7H,3-5,8H2,1H3. The van der Waals surface area contributed by atoms with E-state index in [-0.39, 0.29) is 10.2 Å². The molecule has 3 heterocycles. The van der Waals surface area contributed by atoms with Crippen LogP contribution in [0, 0.1) is 0 Å². The fourth-order valence-corrected chi connectivity index (χ4v) is 5.11. The van der Waals surface area contributed by atoms with E-state index in [4.69, 9.17) is 16.3 Å². The first-order chi connectivity index (χ1) is 10.0.